The van der Waals surface area contributed by atoms with Crippen LogP contribution in [0.25, 0.3) is 0 Å². The Kier molecular flexibility index (Phi) is 11.5. The second kappa shape index (κ2) is 7.84. The molecule has 0 unspecified atom stereocenters. The molecule has 0 heterocycles. The molecule has 11 heteroatoms. The summed E-state index contributed by atoms with van der Waals surface area (Å²) in [7, 11) is 0. The predicted octanol–water partition coefficient (Wildman–Crippen LogP) is 1.79. The van der Waals surface area contributed by atoms with E-state index in [1.165, 1.54) is 0 Å². The minimum Gasteiger partial charge on any atom is -0.275 e. The average molecular weight is 241 g/mol. The van der Waals surface area contributed by atoms with Crippen LogP contribution >= 0.6 is 0 Å². The van der Waals surface area contributed by atoms with Crippen LogP contribution in [0.1, 0.15) is 0 Å². The van der Waals surface area contributed by atoms with E-state index in [2.05, 4.69) is 0 Å². The molecule has 0 saturated heterocycles. The fraction of sp³-hybridized carbons (Fsp3) is 1.00. The van der Waals surface area contributed by atoms with Gasteiger partial charge in [0.05, 0.1) is 0 Å². The molecule has 13 heavy (non-hydrogen) atoms. The smallest absolute Gasteiger partial charge is 0.275 e. The van der Waals surface area contributed by atoms with Gasteiger partial charge < -0.3 is 0 Å². The molecule has 0 atom stereocenters. The topological polar surface area (TPSA) is 47.7 Å². The van der Waals surface area contributed by atoms with E-state index in [1.807, 2.05) is 0 Å². The molecule has 0 aliphatic heterocycles. The normalized spacial score (nSPS) is 10.9. The quantitative estimate of drug-likeness (QED) is 0.284. The van der Waals surface area contributed by atoms with Crippen molar-refractivity contribution in [3.63, 3.8) is 0 Å². The maximum absolute atomic E-state index is 10.6. The molecule has 0 aliphatic rings. The van der Waals surface area contributed by atoms with Gasteiger partial charge in [-0.3, -0.25) is 9.56 Å². The maximum Gasteiger partial charge on any atom is 0.449 e. The predicted molar refractivity (Wildman–Crippen MR) is 40.8 cm³/mol. The molecular formula is C2H4F6LiN2S2. The van der Waals surface area contributed by atoms with Crippen LogP contribution in [0.4, 0.5) is 26.3 Å². The molecule has 0 bridgehead atoms. The first-order valence-corrected chi connectivity index (χ1v) is 3.82. The molecule has 2 nitrogen and oxygen atoms in total. The van der Waals surface area contributed by atoms with Crippen LogP contribution in [-0.2, 0) is 23.1 Å². The second-order valence-corrected chi connectivity index (χ2v) is 2.62. The van der Waals surface area contributed by atoms with Gasteiger partial charge in [0, 0.05) is 18.9 Å². The van der Waals surface area contributed by atoms with E-state index < -0.39 is 34.1 Å². The number of halogens is 6. The average Bonchev–Trinajstić information content (AvgIpc) is 1.86. The van der Waals surface area contributed by atoms with Crippen molar-refractivity contribution in [2.75, 3.05) is 0 Å². The minimum absolute atomic E-state index is 0. The molecule has 0 spiro atoms. The van der Waals surface area contributed by atoms with Gasteiger partial charge in [-0.15, -0.1) is 0 Å². The zero-order valence-corrected chi connectivity index (χ0v) is 7.95. The maximum atomic E-state index is 10.6. The summed E-state index contributed by atoms with van der Waals surface area (Å²) in [4.78, 5) is 0. The van der Waals surface area contributed by atoms with Gasteiger partial charge in [-0.2, -0.15) is 26.3 Å². The van der Waals surface area contributed by atoms with Crippen LogP contribution in [-0.4, -0.2) is 29.9 Å². The van der Waals surface area contributed by atoms with Gasteiger partial charge in [0.25, 0.3) is 0 Å². The number of hydrogen-bond donors (Lipinski definition) is 4. The molecule has 0 amide bonds. The van der Waals surface area contributed by atoms with Gasteiger partial charge in [0.1, 0.15) is 0 Å². The third-order valence-corrected chi connectivity index (χ3v) is 0.761. The Morgan fingerprint density at radius 2 is 0.769 bits per heavy atom. The Morgan fingerprint density at radius 3 is 0.769 bits per heavy atom. The molecule has 0 aromatic heterocycles. The van der Waals surface area contributed by atoms with Crippen molar-refractivity contribution in [2.24, 2.45) is 0 Å². The third kappa shape index (κ3) is 32.6. The third-order valence-electron chi connectivity index (χ3n) is 0.254. The number of thiol groups is 2. The van der Waals surface area contributed by atoms with E-state index in [-0.39, 0.29) is 18.9 Å². The van der Waals surface area contributed by atoms with E-state index in [0.29, 0.717) is 0 Å². The Bertz CT molecular complexity index is 136. The zero-order chi connectivity index (χ0) is 10.4. The van der Waals surface area contributed by atoms with E-state index in [0.717, 1.165) is 0 Å². The molecule has 1 radical (unpaired) electrons. The van der Waals surface area contributed by atoms with Gasteiger partial charge in [-0.25, -0.2) is 0 Å². The number of nitrogens with one attached hydrogen (secondary N) is 2. The van der Waals surface area contributed by atoms with Crippen LogP contribution in [0.3, 0.4) is 0 Å². The first-order chi connectivity index (χ1) is 5.12. The summed E-state index contributed by atoms with van der Waals surface area (Å²) >= 11 is -2.55. The van der Waals surface area contributed by atoms with E-state index in [1.54, 1.807) is 0 Å². The van der Waals surface area contributed by atoms with Gasteiger partial charge in [0.15, 0.2) is 0 Å². The van der Waals surface area contributed by atoms with E-state index in [9.17, 15) is 26.3 Å². The fourth-order valence-electron chi connectivity index (χ4n) is 0. The van der Waals surface area contributed by atoms with E-state index in [4.69, 9.17) is 9.56 Å². The summed E-state index contributed by atoms with van der Waals surface area (Å²) in [5.41, 5.74) is -8.64. The fourth-order valence-corrected chi connectivity index (χ4v) is 0. The molecule has 0 saturated carbocycles. The van der Waals surface area contributed by atoms with Crippen LogP contribution in [0.15, 0.2) is 0 Å². The summed E-state index contributed by atoms with van der Waals surface area (Å²) in [6.07, 6.45) is 0. The summed E-state index contributed by atoms with van der Waals surface area (Å²) < 4.78 is 74.9. The van der Waals surface area contributed by atoms with Crippen LogP contribution in [0.2, 0.25) is 0 Å². The molecule has 0 aliphatic carbocycles. The first-order valence-electron chi connectivity index (χ1n) is 2.03. The molecule has 0 aromatic carbocycles. The molecular weight excluding hydrogens is 237 g/mol. The molecule has 2 N–H and O–H groups in total. The number of alkyl halides is 6. The summed E-state index contributed by atoms with van der Waals surface area (Å²) in [5, 5.41) is 0. The van der Waals surface area contributed by atoms with E-state index >= 15 is 0 Å². The Hall–Kier alpha value is 0.477. The molecule has 0 fully saturated rings. The summed E-state index contributed by atoms with van der Waals surface area (Å²) in [6.45, 7) is 0. The van der Waals surface area contributed by atoms with Crippen LogP contribution < -0.4 is 0 Å². The Balaban J connectivity index is -0.000000143. The van der Waals surface area contributed by atoms with Crippen molar-refractivity contribution < 1.29 is 26.3 Å². The van der Waals surface area contributed by atoms with Crippen molar-refractivity contribution in [1.82, 2.24) is 0 Å². The monoisotopic (exact) mass is 241 g/mol. The van der Waals surface area contributed by atoms with Crippen molar-refractivity contribution >= 4 is 42.0 Å². The first kappa shape index (κ1) is 19.1. The van der Waals surface area contributed by atoms with Crippen molar-refractivity contribution in [1.29, 1.82) is 9.56 Å². The standard InChI is InChI=1S/2CH2F3NS.Li/c2*2-1(3,4)6-5;/h2*5-6H;. The van der Waals surface area contributed by atoms with Crippen molar-refractivity contribution in [2.45, 2.75) is 11.0 Å². The number of rotatable bonds is 0. The van der Waals surface area contributed by atoms with Crippen molar-refractivity contribution in [3.8, 4) is 0 Å². The van der Waals surface area contributed by atoms with Gasteiger partial charge >= 0.3 is 11.0 Å². The van der Waals surface area contributed by atoms with Gasteiger partial charge in [0.2, 0.25) is 0 Å². The Morgan fingerprint density at radius 1 is 0.692 bits per heavy atom. The zero-order valence-electron chi connectivity index (χ0n) is 6.16. The Labute approximate surface area is 89.1 Å². The van der Waals surface area contributed by atoms with Crippen LogP contribution in [0, 0.1) is 9.56 Å². The molecule has 0 rings (SSSR count). The summed E-state index contributed by atoms with van der Waals surface area (Å²) in [6, 6.07) is 0. The molecule has 77 valence electrons. The SMILES string of the molecule is N=[SH]C(F)(F)F.N=[SH]C(F)(F)F.[Li]. The van der Waals surface area contributed by atoms with Crippen LogP contribution in [0.5, 0.6) is 0 Å². The summed E-state index contributed by atoms with van der Waals surface area (Å²) in [5.74, 6) is 0. The largest absolute Gasteiger partial charge is 0.449 e. The van der Waals surface area contributed by atoms with Gasteiger partial charge in [-0.05, 0) is 23.1 Å². The second-order valence-electron chi connectivity index (χ2n) is 1.16. The van der Waals surface area contributed by atoms with Crippen molar-refractivity contribution in [3.05, 3.63) is 0 Å². The molecule has 0 aromatic rings. The van der Waals surface area contributed by atoms with Gasteiger partial charge in [-0.1, -0.05) is 0 Å². The minimum atomic E-state index is -4.32. The number of hydrogen-bond acceptors (Lipinski definition) is 2.